The molecular formula is C32H55NO4S2. The molecule has 0 aliphatic heterocycles. The Morgan fingerprint density at radius 1 is 0.949 bits per heavy atom. The van der Waals surface area contributed by atoms with Crippen molar-refractivity contribution in [3.8, 4) is 0 Å². The van der Waals surface area contributed by atoms with Crippen LogP contribution in [0, 0.1) is 52.3 Å². The molecule has 4 saturated carbocycles. The lowest BCUT2D eigenvalue weighted by Crippen LogP contribution is -2.54. The number of hydrogen-bond donors (Lipinski definition) is 1. The summed E-state index contributed by atoms with van der Waals surface area (Å²) in [7, 11) is 3.82. The Balaban J connectivity index is 1.27. The zero-order chi connectivity index (χ0) is 28.2. The largest absolute Gasteiger partial charge is 0.460 e. The summed E-state index contributed by atoms with van der Waals surface area (Å²) in [6.07, 6.45) is 15.6. The first-order valence-electron chi connectivity index (χ1n) is 15.9. The van der Waals surface area contributed by atoms with Gasteiger partial charge in [-0.1, -0.05) is 64.7 Å². The summed E-state index contributed by atoms with van der Waals surface area (Å²) in [4.78, 5) is 23.6. The third-order valence-corrected chi connectivity index (χ3v) is 13.9. The summed E-state index contributed by atoms with van der Waals surface area (Å²) in [6, 6.07) is 0. The van der Waals surface area contributed by atoms with Crippen LogP contribution in [0.5, 0.6) is 0 Å². The van der Waals surface area contributed by atoms with Crippen LogP contribution in [0.4, 0.5) is 9.59 Å². The average molecular weight is 582 g/mol. The maximum atomic E-state index is 12.4. The molecule has 224 valence electrons. The Hall–Kier alpha value is -0.560. The third kappa shape index (κ3) is 7.09. The first-order chi connectivity index (χ1) is 18.6. The van der Waals surface area contributed by atoms with Gasteiger partial charge in [0.1, 0.15) is 6.10 Å². The number of carbonyl (C=O) groups is 2. The second-order valence-electron chi connectivity index (χ2n) is 14.3. The second-order valence-corrected chi connectivity index (χ2v) is 16.6. The van der Waals surface area contributed by atoms with Crippen molar-refractivity contribution >= 4 is 33.0 Å². The van der Waals surface area contributed by atoms with Crippen LogP contribution in [0.15, 0.2) is 0 Å². The van der Waals surface area contributed by atoms with Gasteiger partial charge in [0.2, 0.25) is 0 Å². The van der Waals surface area contributed by atoms with Gasteiger partial charge < -0.3 is 14.8 Å². The van der Waals surface area contributed by atoms with E-state index in [9.17, 15) is 9.59 Å². The molecule has 4 aliphatic rings. The van der Waals surface area contributed by atoms with Crippen molar-refractivity contribution < 1.29 is 19.1 Å². The maximum absolute atomic E-state index is 12.4. The van der Waals surface area contributed by atoms with Gasteiger partial charge in [-0.15, -0.1) is 0 Å². The molecule has 0 aromatic heterocycles. The zero-order valence-electron chi connectivity index (χ0n) is 25.5. The van der Waals surface area contributed by atoms with Crippen LogP contribution in [-0.4, -0.2) is 36.9 Å². The molecule has 9 atom stereocenters. The minimum atomic E-state index is -0.315. The van der Waals surface area contributed by atoms with E-state index in [1.165, 1.54) is 82.1 Å². The van der Waals surface area contributed by atoms with Gasteiger partial charge in [-0.25, -0.2) is 9.59 Å². The second kappa shape index (κ2) is 13.6. The molecule has 4 aliphatic carbocycles. The Bertz CT molecular complexity index is 839. The predicted molar refractivity (Wildman–Crippen MR) is 164 cm³/mol. The van der Waals surface area contributed by atoms with E-state index in [2.05, 4.69) is 44.7 Å². The molecule has 1 N–H and O–H groups in total. The lowest BCUT2D eigenvalue weighted by atomic mass is 9.44. The molecule has 0 heterocycles. The van der Waals surface area contributed by atoms with Gasteiger partial charge >= 0.3 is 11.4 Å². The van der Waals surface area contributed by atoms with Gasteiger partial charge in [0.25, 0.3) is 0 Å². The molecule has 0 aromatic rings. The van der Waals surface area contributed by atoms with Gasteiger partial charge in [0.05, 0.1) is 7.11 Å². The molecule has 7 heteroatoms. The van der Waals surface area contributed by atoms with E-state index in [-0.39, 0.29) is 17.5 Å². The van der Waals surface area contributed by atoms with E-state index in [1.54, 1.807) is 0 Å². The highest BCUT2D eigenvalue weighted by molar-refractivity contribution is 8.82. The van der Waals surface area contributed by atoms with Crippen molar-refractivity contribution in [2.24, 2.45) is 52.3 Å². The maximum Gasteiger partial charge on any atom is 0.407 e. The van der Waals surface area contributed by atoms with E-state index in [0.717, 1.165) is 59.1 Å². The van der Waals surface area contributed by atoms with Crippen molar-refractivity contribution in [1.82, 2.24) is 5.32 Å². The van der Waals surface area contributed by atoms with Crippen LogP contribution in [0.3, 0.4) is 0 Å². The predicted octanol–water partition coefficient (Wildman–Crippen LogP) is 9.35. The standard InChI is InChI=1S/C32H55NO4S2/c1-21(2)8-7-9-22(3)26-12-13-27-25-11-10-23-20-24(37-29(34)33-18-19-38-39-30(35)36-6)14-16-31(23,4)28(25)15-17-32(26,27)5/h21-28H,7-20H2,1-6H3,(H,33,34). The molecule has 9 unspecified atom stereocenters. The highest BCUT2D eigenvalue weighted by Gasteiger charge is 2.60. The van der Waals surface area contributed by atoms with Crippen LogP contribution >= 0.6 is 21.6 Å². The molecule has 4 fully saturated rings. The fourth-order valence-corrected chi connectivity index (χ4v) is 11.3. The highest BCUT2D eigenvalue weighted by atomic mass is 33.1. The number of ether oxygens (including phenoxy) is 2. The minimum absolute atomic E-state index is 0.0353. The Labute approximate surface area is 246 Å². The van der Waals surface area contributed by atoms with Crippen LogP contribution < -0.4 is 5.32 Å². The number of alkyl carbamates (subject to hydrolysis) is 1. The summed E-state index contributed by atoms with van der Waals surface area (Å²) in [5, 5.41) is 2.55. The van der Waals surface area contributed by atoms with Gasteiger partial charge in [-0.3, -0.25) is 0 Å². The van der Waals surface area contributed by atoms with Crippen molar-refractivity contribution in [2.75, 3.05) is 19.4 Å². The van der Waals surface area contributed by atoms with Gasteiger partial charge in [0, 0.05) is 23.1 Å². The molecule has 4 rings (SSSR count). The third-order valence-electron chi connectivity index (χ3n) is 11.8. The van der Waals surface area contributed by atoms with Crippen LogP contribution in [-0.2, 0) is 9.47 Å². The summed E-state index contributed by atoms with van der Waals surface area (Å²) < 4.78 is 10.5. The molecular weight excluding hydrogens is 526 g/mol. The van der Waals surface area contributed by atoms with Crippen molar-refractivity contribution in [3.05, 3.63) is 0 Å². The van der Waals surface area contributed by atoms with Crippen LogP contribution in [0.2, 0.25) is 0 Å². The van der Waals surface area contributed by atoms with E-state index in [4.69, 9.17) is 4.74 Å². The minimum Gasteiger partial charge on any atom is -0.460 e. The highest BCUT2D eigenvalue weighted by Crippen LogP contribution is 2.68. The lowest BCUT2D eigenvalue weighted by molar-refractivity contribution is -0.129. The van der Waals surface area contributed by atoms with E-state index < -0.39 is 0 Å². The Kier molecular flexibility index (Phi) is 10.9. The Morgan fingerprint density at radius 3 is 2.44 bits per heavy atom. The van der Waals surface area contributed by atoms with Crippen molar-refractivity contribution in [3.63, 3.8) is 0 Å². The summed E-state index contributed by atoms with van der Waals surface area (Å²) in [6.45, 7) is 13.1. The number of hydrogen-bond acceptors (Lipinski definition) is 6. The van der Waals surface area contributed by atoms with Crippen LogP contribution in [0.25, 0.3) is 0 Å². The first-order valence-corrected chi connectivity index (χ1v) is 18.2. The number of rotatable bonds is 10. The topological polar surface area (TPSA) is 64.6 Å². The van der Waals surface area contributed by atoms with Crippen molar-refractivity contribution in [1.29, 1.82) is 0 Å². The fourth-order valence-electron chi connectivity index (χ4n) is 9.86. The molecule has 5 nitrogen and oxygen atoms in total. The molecule has 0 spiro atoms. The zero-order valence-corrected chi connectivity index (χ0v) is 27.1. The quantitative estimate of drug-likeness (QED) is 0.157. The monoisotopic (exact) mass is 581 g/mol. The smallest absolute Gasteiger partial charge is 0.407 e. The van der Waals surface area contributed by atoms with Gasteiger partial charge in [-0.2, -0.15) is 0 Å². The number of methoxy groups -OCH3 is 1. The summed E-state index contributed by atoms with van der Waals surface area (Å²) in [5.41, 5.74) is 0.955. The molecule has 0 bridgehead atoms. The average Bonchev–Trinajstić information content (AvgIpc) is 3.25. The van der Waals surface area contributed by atoms with E-state index in [1.807, 2.05) is 0 Å². The molecule has 1 amide bonds. The molecule has 0 aromatic carbocycles. The fraction of sp³-hybridized carbons (Fsp3) is 0.938. The van der Waals surface area contributed by atoms with E-state index >= 15 is 0 Å². The van der Waals surface area contributed by atoms with Gasteiger partial charge in [0.15, 0.2) is 0 Å². The molecule has 39 heavy (non-hydrogen) atoms. The van der Waals surface area contributed by atoms with Crippen LogP contribution in [0.1, 0.15) is 112 Å². The number of carbonyl (C=O) groups excluding carboxylic acids is 2. The van der Waals surface area contributed by atoms with Gasteiger partial charge in [-0.05, 0) is 110 Å². The SMILES string of the molecule is COC(=O)SSCCNC(=O)OC1CCC2(C)C(CCC3C2CCC2(C)C(C(C)CCCC(C)C)CCC32)C1. The number of nitrogens with one attached hydrogen (secondary N) is 1. The number of amides is 1. The first kappa shape index (κ1) is 31.4. The lowest BCUT2D eigenvalue weighted by Gasteiger charge is -2.61. The molecule has 0 saturated heterocycles. The normalized spacial score (nSPS) is 38.3. The summed E-state index contributed by atoms with van der Waals surface area (Å²) >= 11 is 0. The molecule has 0 radical (unpaired) electrons. The van der Waals surface area contributed by atoms with E-state index in [0.29, 0.717) is 29.0 Å². The summed E-state index contributed by atoms with van der Waals surface area (Å²) in [5.74, 6) is 6.60. The van der Waals surface area contributed by atoms with Crippen molar-refractivity contribution in [2.45, 2.75) is 118 Å². The number of fused-ring (bicyclic) bond motifs is 5. The Morgan fingerprint density at radius 2 is 1.69 bits per heavy atom.